The van der Waals surface area contributed by atoms with Crippen molar-refractivity contribution in [1.82, 2.24) is 5.32 Å². The van der Waals surface area contributed by atoms with Crippen LogP contribution < -0.4 is 5.32 Å². The molecule has 0 saturated heterocycles. The van der Waals surface area contributed by atoms with Gasteiger partial charge in [-0.15, -0.1) is 11.3 Å². The number of fused-ring (bicyclic) bond motifs is 1. The maximum Gasteiger partial charge on any atom is 0.0222 e. The fraction of sp³-hybridized carbons (Fsp3) is 0.778. The minimum absolute atomic E-state index is 0.0529. The van der Waals surface area contributed by atoms with E-state index in [0.717, 1.165) is 0 Å². The van der Waals surface area contributed by atoms with E-state index < -0.39 is 0 Å². The van der Waals surface area contributed by atoms with Crippen LogP contribution in [-0.2, 0) is 10.8 Å². The Kier molecular flexibility index (Phi) is 3.29. The van der Waals surface area contributed by atoms with Gasteiger partial charge in [-0.3, -0.25) is 0 Å². The van der Waals surface area contributed by atoms with E-state index in [9.17, 15) is 0 Å². The van der Waals surface area contributed by atoms with Gasteiger partial charge in [0.05, 0.1) is 0 Å². The van der Waals surface area contributed by atoms with Crippen LogP contribution in [-0.4, -0.2) is 11.1 Å². The molecule has 20 heavy (non-hydrogen) atoms. The van der Waals surface area contributed by atoms with Crippen LogP contribution in [0.5, 0.6) is 0 Å². The maximum atomic E-state index is 3.97. The Morgan fingerprint density at radius 2 is 0.950 bits per heavy atom. The molecule has 0 fully saturated rings. The van der Waals surface area contributed by atoms with Gasteiger partial charge in [0.1, 0.15) is 0 Å². The summed E-state index contributed by atoms with van der Waals surface area (Å²) < 4.78 is 0. The lowest BCUT2D eigenvalue weighted by molar-refractivity contribution is 0.146. The molecule has 0 amide bonds. The molecule has 2 heterocycles. The Morgan fingerprint density at radius 1 is 0.650 bits per heavy atom. The standard InChI is InChI=1S/C18H31NS/c1-11-13-14(12(2)20-11)16(5,6)18(9,10)19-17(7,8)15(13,3)4/h19H,1-10H3. The SMILES string of the molecule is Cc1sc(C)c2c1C(C)(C)C(C)(C)NC(C)(C)C2(C)C. The van der Waals surface area contributed by atoms with Crippen molar-refractivity contribution in [3.05, 3.63) is 20.9 Å². The number of aryl methyl sites for hydroxylation is 2. The number of nitrogens with one attached hydrogen (secondary N) is 1. The fourth-order valence-electron chi connectivity index (χ4n) is 3.91. The van der Waals surface area contributed by atoms with E-state index in [2.05, 4.69) is 74.6 Å². The zero-order chi connectivity index (χ0) is 15.7. The minimum Gasteiger partial charge on any atom is -0.305 e. The lowest BCUT2D eigenvalue weighted by Crippen LogP contribution is -2.63. The third-order valence-electron chi connectivity index (χ3n) is 6.26. The summed E-state index contributed by atoms with van der Waals surface area (Å²) in [4.78, 5) is 2.98. The Hall–Kier alpha value is -0.340. The molecule has 1 N–H and O–H groups in total. The molecule has 0 bridgehead atoms. The van der Waals surface area contributed by atoms with Gasteiger partial charge in [0.2, 0.25) is 0 Å². The normalized spacial score (nSPS) is 25.9. The Balaban J connectivity index is 2.91. The molecule has 2 rings (SSSR count). The quantitative estimate of drug-likeness (QED) is 0.703. The predicted molar refractivity (Wildman–Crippen MR) is 91.1 cm³/mol. The molecule has 0 spiro atoms. The van der Waals surface area contributed by atoms with Crippen LogP contribution in [0.25, 0.3) is 0 Å². The van der Waals surface area contributed by atoms with Crippen molar-refractivity contribution in [3.8, 4) is 0 Å². The summed E-state index contributed by atoms with van der Waals surface area (Å²) in [5, 5.41) is 3.97. The second kappa shape index (κ2) is 4.10. The van der Waals surface area contributed by atoms with Crippen LogP contribution in [0.2, 0.25) is 0 Å². The summed E-state index contributed by atoms with van der Waals surface area (Å²) in [5.74, 6) is 0. The molecule has 2 heteroatoms. The van der Waals surface area contributed by atoms with Crippen molar-refractivity contribution in [2.45, 2.75) is 91.1 Å². The fourth-order valence-corrected chi connectivity index (χ4v) is 5.29. The van der Waals surface area contributed by atoms with Gasteiger partial charge in [-0.05, 0) is 52.7 Å². The summed E-state index contributed by atoms with van der Waals surface area (Å²) in [6.07, 6.45) is 0. The summed E-state index contributed by atoms with van der Waals surface area (Å²) in [5.41, 5.74) is 3.49. The summed E-state index contributed by atoms with van der Waals surface area (Å²) in [7, 11) is 0. The maximum absolute atomic E-state index is 3.97. The molecule has 114 valence electrons. The van der Waals surface area contributed by atoms with Gasteiger partial charge in [0.15, 0.2) is 0 Å². The molecular weight excluding hydrogens is 262 g/mol. The molecular formula is C18H31NS. The minimum atomic E-state index is 0.0529. The highest BCUT2D eigenvalue weighted by molar-refractivity contribution is 7.12. The number of hydrogen-bond acceptors (Lipinski definition) is 2. The molecule has 0 unspecified atom stereocenters. The second-order valence-electron chi connectivity index (χ2n) is 8.59. The smallest absolute Gasteiger partial charge is 0.0222 e. The molecule has 0 atom stereocenters. The molecule has 0 aliphatic carbocycles. The number of hydrogen-bond donors (Lipinski definition) is 1. The second-order valence-corrected chi connectivity index (χ2v) is 10.0. The molecule has 0 saturated carbocycles. The molecule has 1 nitrogen and oxygen atoms in total. The van der Waals surface area contributed by atoms with E-state index in [1.54, 1.807) is 11.1 Å². The van der Waals surface area contributed by atoms with Crippen LogP contribution in [0, 0.1) is 13.8 Å². The highest BCUT2D eigenvalue weighted by Crippen LogP contribution is 2.53. The monoisotopic (exact) mass is 293 g/mol. The molecule has 1 aromatic heterocycles. The highest BCUT2D eigenvalue weighted by Gasteiger charge is 2.54. The summed E-state index contributed by atoms with van der Waals surface area (Å²) >= 11 is 1.97. The van der Waals surface area contributed by atoms with Gasteiger partial charge in [-0.25, -0.2) is 0 Å². The van der Waals surface area contributed by atoms with E-state index in [-0.39, 0.29) is 21.9 Å². The van der Waals surface area contributed by atoms with Gasteiger partial charge in [-0.1, -0.05) is 27.7 Å². The first-order valence-corrected chi connectivity index (χ1v) is 8.47. The first-order chi connectivity index (χ1) is 8.76. The van der Waals surface area contributed by atoms with Gasteiger partial charge in [0, 0.05) is 31.7 Å². The summed E-state index contributed by atoms with van der Waals surface area (Å²) in [6.45, 7) is 23.6. The van der Waals surface area contributed by atoms with E-state index in [0.29, 0.717) is 0 Å². The third-order valence-corrected chi connectivity index (χ3v) is 7.28. The zero-order valence-corrected chi connectivity index (χ0v) is 15.7. The van der Waals surface area contributed by atoms with Crippen molar-refractivity contribution in [2.24, 2.45) is 0 Å². The van der Waals surface area contributed by atoms with Gasteiger partial charge >= 0.3 is 0 Å². The third kappa shape index (κ3) is 1.84. The molecule has 1 aliphatic rings. The van der Waals surface area contributed by atoms with Crippen molar-refractivity contribution in [1.29, 1.82) is 0 Å². The van der Waals surface area contributed by atoms with Gasteiger partial charge in [0.25, 0.3) is 0 Å². The average molecular weight is 294 g/mol. The van der Waals surface area contributed by atoms with Gasteiger partial charge in [-0.2, -0.15) is 0 Å². The Morgan fingerprint density at radius 3 is 1.25 bits per heavy atom. The van der Waals surface area contributed by atoms with Gasteiger partial charge < -0.3 is 5.32 Å². The van der Waals surface area contributed by atoms with Crippen molar-refractivity contribution in [2.75, 3.05) is 0 Å². The highest BCUT2D eigenvalue weighted by atomic mass is 32.1. The van der Waals surface area contributed by atoms with E-state index >= 15 is 0 Å². The van der Waals surface area contributed by atoms with E-state index in [1.165, 1.54) is 9.75 Å². The van der Waals surface area contributed by atoms with Crippen LogP contribution >= 0.6 is 11.3 Å². The Labute approximate surface area is 129 Å². The predicted octanol–water partition coefficient (Wildman–Crippen LogP) is 5.08. The zero-order valence-electron chi connectivity index (χ0n) is 14.9. The van der Waals surface area contributed by atoms with Crippen LogP contribution in [0.4, 0.5) is 0 Å². The lowest BCUT2D eigenvalue weighted by Gasteiger charge is -2.48. The van der Waals surface area contributed by atoms with Crippen LogP contribution in [0.15, 0.2) is 0 Å². The summed E-state index contributed by atoms with van der Waals surface area (Å²) in [6, 6.07) is 0. The first kappa shape index (κ1) is 16.0. The van der Waals surface area contributed by atoms with Crippen molar-refractivity contribution in [3.63, 3.8) is 0 Å². The van der Waals surface area contributed by atoms with Crippen molar-refractivity contribution >= 4 is 11.3 Å². The van der Waals surface area contributed by atoms with Crippen LogP contribution in [0.3, 0.4) is 0 Å². The average Bonchev–Trinajstić information content (AvgIpc) is 2.49. The number of rotatable bonds is 0. The Bertz CT molecular complexity index is 498. The van der Waals surface area contributed by atoms with Crippen molar-refractivity contribution < 1.29 is 0 Å². The molecule has 0 radical (unpaired) electrons. The molecule has 1 aliphatic heterocycles. The molecule has 0 aromatic carbocycles. The largest absolute Gasteiger partial charge is 0.305 e. The molecule has 1 aromatic rings. The lowest BCUT2D eigenvalue weighted by atomic mass is 9.66. The topological polar surface area (TPSA) is 12.0 Å². The van der Waals surface area contributed by atoms with E-state index in [1.807, 2.05) is 11.3 Å². The van der Waals surface area contributed by atoms with Crippen LogP contribution in [0.1, 0.15) is 76.3 Å². The van der Waals surface area contributed by atoms with E-state index in [4.69, 9.17) is 0 Å². The number of thiophene rings is 1. The first-order valence-electron chi connectivity index (χ1n) is 7.66.